The second-order valence-corrected chi connectivity index (χ2v) is 6.19. The highest BCUT2D eigenvalue weighted by Crippen LogP contribution is 2.28. The molecule has 2 aromatic heterocycles. The van der Waals surface area contributed by atoms with Crippen molar-refractivity contribution in [2.45, 2.75) is 17.7 Å². The van der Waals surface area contributed by atoms with Crippen molar-refractivity contribution < 1.29 is 4.39 Å². The number of para-hydroxylation sites is 2. The van der Waals surface area contributed by atoms with Crippen LogP contribution in [0.25, 0.3) is 16.7 Å². The van der Waals surface area contributed by atoms with Crippen molar-refractivity contribution >= 4 is 28.4 Å². The molecule has 114 valence electrons. The molecule has 0 radical (unpaired) electrons. The van der Waals surface area contributed by atoms with E-state index in [0.717, 1.165) is 33.1 Å². The van der Waals surface area contributed by atoms with E-state index in [-0.39, 0.29) is 5.82 Å². The Hall–Kier alpha value is -2.47. The van der Waals surface area contributed by atoms with Crippen LogP contribution < -0.4 is 0 Å². The summed E-state index contributed by atoms with van der Waals surface area (Å²) in [6, 6.07) is 14.5. The fraction of sp³-hybridized carbons (Fsp3) is 0.118. The standard InChI is InChI=1S/C17H13FN4S/c1-11-20-21-16-17(23-10-12-6-8-13(18)9-7-12)19-14-4-2-3-5-15(14)22(11)16/h2-9H,10H2,1H3. The normalized spacial score (nSPS) is 11.4. The largest absolute Gasteiger partial charge is 0.275 e. The van der Waals surface area contributed by atoms with Gasteiger partial charge in [0.1, 0.15) is 16.7 Å². The van der Waals surface area contributed by atoms with Gasteiger partial charge in [0.15, 0.2) is 5.65 Å². The van der Waals surface area contributed by atoms with Gasteiger partial charge in [-0.05, 0) is 36.8 Å². The fourth-order valence-electron chi connectivity index (χ4n) is 2.53. The SMILES string of the molecule is Cc1nnc2c(SCc3ccc(F)cc3)nc3ccccc3n12. The number of halogens is 1. The number of benzene rings is 2. The Balaban J connectivity index is 1.77. The zero-order chi connectivity index (χ0) is 15.8. The van der Waals surface area contributed by atoms with Crippen LogP contribution in [-0.4, -0.2) is 19.6 Å². The van der Waals surface area contributed by atoms with Crippen LogP contribution >= 0.6 is 11.8 Å². The minimum absolute atomic E-state index is 0.224. The molecule has 0 spiro atoms. The second-order valence-electron chi connectivity index (χ2n) is 5.23. The van der Waals surface area contributed by atoms with Crippen LogP contribution in [0.5, 0.6) is 0 Å². The quantitative estimate of drug-likeness (QED) is 0.534. The van der Waals surface area contributed by atoms with Crippen LogP contribution in [0, 0.1) is 12.7 Å². The van der Waals surface area contributed by atoms with E-state index in [1.165, 1.54) is 12.1 Å². The minimum atomic E-state index is -0.224. The summed E-state index contributed by atoms with van der Waals surface area (Å²) < 4.78 is 15.0. The summed E-state index contributed by atoms with van der Waals surface area (Å²) in [5.41, 5.74) is 3.70. The molecule has 2 aromatic carbocycles. The predicted molar refractivity (Wildman–Crippen MR) is 89.0 cm³/mol. The first-order valence-electron chi connectivity index (χ1n) is 7.20. The summed E-state index contributed by atoms with van der Waals surface area (Å²) in [5.74, 6) is 1.31. The van der Waals surface area contributed by atoms with Gasteiger partial charge in [-0.1, -0.05) is 36.0 Å². The van der Waals surface area contributed by atoms with Crippen molar-refractivity contribution in [3.63, 3.8) is 0 Å². The summed E-state index contributed by atoms with van der Waals surface area (Å²) in [4.78, 5) is 4.71. The number of nitrogens with zero attached hydrogens (tertiary/aromatic N) is 4. The average molecular weight is 324 g/mol. The lowest BCUT2D eigenvalue weighted by atomic mass is 10.2. The smallest absolute Gasteiger partial charge is 0.193 e. The Morgan fingerprint density at radius 1 is 1.04 bits per heavy atom. The van der Waals surface area contributed by atoms with Gasteiger partial charge >= 0.3 is 0 Å². The topological polar surface area (TPSA) is 43.1 Å². The van der Waals surface area contributed by atoms with E-state index in [4.69, 9.17) is 4.98 Å². The van der Waals surface area contributed by atoms with Crippen molar-refractivity contribution in [2.75, 3.05) is 0 Å². The van der Waals surface area contributed by atoms with Crippen molar-refractivity contribution in [2.24, 2.45) is 0 Å². The molecule has 4 nitrogen and oxygen atoms in total. The molecule has 0 amide bonds. The van der Waals surface area contributed by atoms with Gasteiger partial charge in [-0.3, -0.25) is 4.40 Å². The highest BCUT2D eigenvalue weighted by atomic mass is 32.2. The molecule has 23 heavy (non-hydrogen) atoms. The molecule has 0 aliphatic heterocycles. The van der Waals surface area contributed by atoms with E-state index >= 15 is 0 Å². The lowest BCUT2D eigenvalue weighted by Gasteiger charge is -2.07. The van der Waals surface area contributed by atoms with Gasteiger partial charge in [0.05, 0.1) is 11.0 Å². The minimum Gasteiger partial charge on any atom is -0.275 e. The number of fused-ring (bicyclic) bond motifs is 3. The Morgan fingerprint density at radius 3 is 2.65 bits per heavy atom. The van der Waals surface area contributed by atoms with E-state index in [0.29, 0.717) is 5.75 Å². The van der Waals surface area contributed by atoms with Crippen molar-refractivity contribution in [1.29, 1.82) is 0 Å². The van der Waals surface area contributed by atoms with E-state index in [9.17, 15) is 4.39 Å². The number of thioether (sulfide) groups is 1. The van der Waals surface area contributed by atoms with Gasteiger partial charge in [-0.2, -0.15) is 0 Å². The van der Waals surface area contributed by atoms with E-state index in [1.807, 2.05) is 35.6 Å². The maximum atomic E-state index is 13.0. The van der Waals surface area contributed by atoms with E-state index in [1.54, 1.807) is 23.9 Å². The molecule has 4 aromatic rings. The summed E-state index contributed by atoms with van der Waals surface area (Å²) in [6.45, 7) is 1.93. The van der Waals surface area contributed by atoms with Crippen LogP contribution in [0.4, 0.5) is 4.39 Å². The number of rotatable bonds is 3. The molecule has 0 bridgehead atoms. The highest BCUT2D eigenvalue weighted by Gasteiger charge is 2.13. The number of hydrogen-bond donors (Lipinski definition) is 0. The molecule has 0 fully saturated rings. The van der Waals surface area contributed by atoms with Crippen LogP contribution in [0.15, 0.2) is 53.6 Å². The van der Waals surface area contributed by atoms with Crippen LogP contribution in [0.1, 0.15) is 11.4 Å². The maximum Gasteiger partial charge on any atom is 0.193 e. The number of aryl methyl sites for hydroxylation is 1. The van der Waals surface area contributed by atoms with Gasteiger partial charge in [0, 0.05) is 5.75 Å². The monoisotopic (exact) mass is 324 g/mol. The van der Waals surface area contributed by atoms with Gasteiger partial charge in [0.25, 0.3) is 0 Å². The van der Waals surface area contributed by atoms with Gasteiger partial charge in [-0.15, -0.1) is 10.2 Å². The Bertz CT molecular complexity index is 995. The summed E-state index contributed by atoms with van der Waals surface area (Å²) in [7, 11) is 0. The molecule has 4 rings (SSSR count). The molecular weight excluding hydrogens is 311 g/mol. The lowest BCUT2D eigenvalue weighted by Crippen LogP contribution is -1.96. The van der Waals surface area contributed by atoms with Crippen molar-refractivity contribution in [1.82, 2.24) is 19.6 Å². The molecule has 0 aliphatic carbocycles. The first kappa shape index (κ1) is 14.1. The molecule has 6 heteroatoms. The molecule has 0 unspecified atom stereocenters. The van der Waals surface area contributed by atoms with Crippen LogP contribution in [0.3, 0.4) is 0 Å². The zero-order valence-corrected chi connectivity index (χ0v) is 13.2. The molecular formula is C17H13FN4S. The van der Waals surface area contributed by atoms with Crippen molar-refractivity contribution in [3.05, 3.63) is 65.7 Å². The summed E-state index contributed by atoms with van der Waals surface area (Å²) >= 11 is 1.58. The second kappa shape index (κ2) is 5.62. The summed E-state index contributed by atoms with van der Waals surface area (Å²) in [6.07, 6.45) is 0. The van der Waals surface area contributed by atoms with Gasteiger partial charge in [-0.25, -0.2) is 9.37 Å². The van der Waals surface area contributed by atoms with Crippen LogP contribution in [0.2, 0.25) is 0 Å². The van der Waals surface area contributed by atoms with Gasteiger partial charge < -0.3 is 0 Å². The molecule has 0 saturated carbocycles. The fourth-order valence-corrected chi connectivity index (χ4v) is 3.45. The van der Waals surface area contributed by atoms with Crippen molar-refractivity contribution in [3.8, 4) is 0 Å². The zero-order valence-electron chi connectivity index (χ0n) is 12.4. The Morgan fingerprint density at radius 2 is 1.83 bits per heavy atom. The average Bonchev–Trinajstić information content (AvgIpc) is 2.97. The highest BCUT2D eigenvalue weighted by molar-refractivity contribution is 7.98. The first-order valence-corrected chi connectivity index (χ1v) is 8.18. The Labute approximate surface area is 136 Å². The molecule has 0 saturated heterocycles. The molecule has 2 heterocycles. The van der Waals surface area contributed by atoms with E-state index in [2.05, 4.69) is 10.2 Å². The van der Waals surface area contributed by atoms with Crippen LogP contribution in [-0.2, 0) is 5.75 Å². The number of aromatic nitrogens is 4. The molecule has 0 aliphatic rings. The van der Waals surface area contributed by atoms with Gasteiger partial charge in [0.2, 0.25) is 0 Å². The lowest BCUT2D eigenvalue weighted by molar-refractivity contribution is 0.627. The third-order valence-corrected chi connectivity index (χ3v) is 4.67. The number of hydrogen-bond acceptors (Lipinski definition) is 4. The first-order chi connectivity index (χ1) is 11.2. The van der Waals surface area contributed by atoms with E-state index < -0.39 is 0 Å². The summed E-state index contributed by atoms with van der Waals surface area (Å²) in [5, 5.41) is 9.27. The Kier molecular flexibility index (Phi) is 3.46. The molecule has 0 atom stereocenters. The third-order valence-electron chi connectivity index (χ3n) is 3.65. The maximum absolute atomic E-state index is 13.0. The third kappa shape index (κ3) is 2.55. The predicted octanol–water partition coefficient (Wildman–Crippen LogP) is 4.02. The molecule has 0 N–H and O–H groups in total.